The summed E-state index contributed by atoms with van der Waals surface area (Å²) in [4.78, 5) is 11.7. The number of carbonyl (C=O) groups is 1. The van der Waals surface area contributed by atoms with E-state index < -0.39 is 30.9 Å². The fourth-order valence-electron chi connectivity index (χ4n) is 2.43. The van der Waals surface area contributed by atoms with E-state index >= 15 is 0 Å². The molecule has 1 unspecified atom stereocenters. The number of alkyl halides is 3. The van der Waals surface area contributed by atoms with Crippen LogP contribution in [0.15, 0.2) is 0 Å². The fraction of sp³-hybridized carbons (Fsp3) is 0.917. The second-order valence-electron chi connectivity index (χ2n) is 4.64. The van der Waals surface area contributed by atoms with E-state index in [1.807, 2.05) is 0 Å². The highest BCUT2D eigenvalue weighted by atomic mass is 19.4. The van der Waals surface area contributed by atoms with Crippen LogP contribution >= 0.6 is 0 Å². The summed E-state index contributed by atoms with van der Waals surface area (Å²) in [6, 6.07) is 0. The molecule has 1 rings (SSSR count). The quantitative estimate of drug-likeness (QED) is 0.748. The van der Waals surface area contributed by atoms with E-state index in [4.69, 9.17) is 4.74 Å². The van der Waals surface area contributed by atoms with Gasteiger partial charge in [0.1, 0.15) is 6.10 Å². The molecule has 2 nitrogen and oxygen atoms in total. The zero-order valence-electron chi connectivity index (χ0n) is 10.1. The standard InChI is InChI=1S/C12H19F3O2/c1-17-11(9-5-3-2-4-6-9)10(16)7-8-12(13,14)15/h9,11H,2-8H2,1H3. The highest BCUT2D eigenvalue weighted by Crippen LogP contribution is 2.30. The van der Waals surface area contributed by atoms with Crippen LogP contribution in [-0.4, -0.2) is 25.2 Å². The van der Waals surface area contributed by atoms with Crippen molar-refractivity contribution in [3.05, 3.63) is 0 Å². The van der Waals surface area contributed by atoms with Gasteiger partial charge >= 0.3 is 6.18 Å². The molecule has 0 radical (unpaired) electrons. The zero-order valence-corrected chi connectivity index (χ0v) is 10.1. The third kappa shape index (κ3) is 5.06. The molecule has 0 aromatic carbocycles. The van der Waals surface area contributed by atoms with E-state index in [1.54, 1.807) is 0 Å². The number of ketones is 1. The number of Topliss-reactive ketones (excluding diaryl/α,β-unsaturated/α-hetero) is 1. The molecule has 0 aliphatic heterocycles. The third-order valence-electron chi connectivity index (χ3n) is 3.30. The van der Waals surface area contributed by atoms with E-state index in [-0.39, 0.29) is 5.92 Å². The Morgan fingerprint density at radius 1 is 1.29 bits per heavy atom. The van der Waals surface area contributed by atoms with Crippen LogP contribution in [0.25, 0.3) is 0 Å². The Balaban J connectivity index is 2.45. The van der Waals surface area contributed by atoms with Gasteiger partial charge in [-0.3, -0.25) is 4.79 Å². The summed E-state index contributed by atoms with van der Waals surface area (Å²) in [5, 5.41) is 0. The highest BCUT2D eigenvalue weighted by molar-refractivity contribution is 5.83. The highest BCUT2D eigenvalue weighted by Gasteiger charge is 2.33. The van der Waals surface area contributed by atoms with Crippen molar-refractivity contribution < 1.29 is 22.7 Å². The van der Waals surface area contributed by atoms with Gasteiger partial charge in [0.25, 0.3) is 0 Å². The average molecular weight is 252 g/mol. The van der Waals surface area contributed by atoms with Gasteiger partial charge in [0.2, 0.25) is 0 Å². The molecule has 1 aliphatic carbocycles. The van der Waals surface area contributed by atoms with Crippen LogP contribution in [0, 0.1) is 5.92 Å². The van der Waals surface area contributed by atoms with E-state index in [9.17, 15) is 18.0 Å². The van der Waals surface area contributed by atoms with Gasteiger partial charge in [-0.05, 0) is 18.8 Å². The van der Waals surface area contributed by atoms with Crippen molar-refractivity contribution >= 4 is 5.78 Å². The van der Waals surface area contributed by atoms with Crippen LogP contribution in [0.4, 0.5) is 13.2 Å². The summed E-state index contributed by atoms with van der Waals surface area (Å²) >= 11 is 0. The Labute approximate surface area is 99.5 Å². The number of halogens is 3. The maximum Gasteiger partial charge on any atom is 0.389 e. The first-order valence-corrected chi connectivity index (χ1v) is 6.06. The maximum absolute atomic E-state index is 12.0. The first-order valence-electron chi connectivity index (χ1n) is 6.06. The number of hydrogen-bond acceptors (Lipinski definition) is 2. The van der Waals surface area contributed by atoms with Crippen molar-refractivity contribution in [1.29, 1.82) is 0 Å². The van der Waals surface area contributed by atoms with Gasteiger partial charge < -0.3 is 4.74 Å². The molecular formula is C12H19F3O2. The van der Waals surface area contributed by atoms with E-state index in [0.29, 0.717) is 0 Å². The molecule has 1 aliphatic rings. The molecule has 100 valence electrons. The van der Waals surface area contributed by atoms with Crippen molar-refractivity contribution in [2.45, 2.75) is 57.2 Å². The lowest BCUT2D eigenvalue weighted by atomic mass is 9.83. The maximum atomic E-state index is 12.0. The zero-order chi connectivity index (χ0) is 12.9. The van der Waals surface area contributed by atoms with Gasteiger partial charge in [0, 0.05) is 13.5 Å². The average Bonchev–Trinajstić information content (AvgIpc) is 2.28. The molecule has 0 aromatic rings. The summed E-state index contributed by atoms with van der Waals surface area (Å²) in [6.07, 6.45) is -1.42. The molecule has 0 aromatic heterocycles. The Morgan fingerprint density at radius 2 is 1.88 bits per heavy atom. The first-order chi connectivity index (χ1) is 7.94. The molecule has 0 saturated heterocycles. The minimum Gasteiger partial charge on any atom is -0.373 e. The molecule has 1 saturated carbocycles. The van der Waals surface area contributed by atoms with Crippen molar-refractivity contribution in [3.63, 3.8) is 0 Å². The topological polar surface area (TPSA) is 26.3 Å². The van der Waals surface area contributed by atoms with Gasteiger partial charge in [-0.2, -0.15) is 13.2 Å². The largest absolute Gasteiger partial charge is 0.389 e. The van der Waals surface area contributed by atoms with Crippen molar-refractivity contribution in [2.24, 2.45) is 5.92 Å². The van der Waals surface area contributed by atoms with Gasteiger partial charge in [0.15, 0.2) is 5.78 Å². The molecule has 17 heavy (non-hydrogen) atoms. The predicted molar refractivity (Wildman–Crippen MR) is 57.7 cm³/mol. The lowest BCUT2D eigenvalue weighted by Crippen LogP contribution is -2.33. The summed E-state index contributed by atoms with van der Waals surface area (Å²) in [5.41, 5.74) is 0. The van der Waals surface area contributed by atoms with Crippen LogP contribution < -0.4 is 0 Å². The minimum absolute atomic E-state index is 0.106. The van der Waals surface area contributed by atoms with Crippen LogP contribution in [0.1, 0.15) is 44.9 Å². The molecule has 1 fully saturated rings. The van der Waals surface area contributed by atoms with Crippen LogP contribution in [0.2, 0.25) is 0 Å². The van der Waals surface area contributed by atoms with Crippen LogP contribution in [0.3, 0.4) is 0 Å². The normalized spacial score (nSPS) is 20.2. The smallest absolute Gasteiger partial charge is 0.373 e. The monoisotopic (exact) mass is 252 g/mol. The summed E-state index contributed by atoms with van der Waals surface area (Å²) in [7, 11) is 1.41. The Kier molecular flexibility index (Phi) is 5.43. The lowest BCUT2D eigenvalue weighted by molar-refractivity contribution is -0.149. The number of hydrogen-bond donors (Lipinski definition) is 0. The SMILES string of the molecule is COC(C(=O)CCC(F)(F)F)C1CCCCC1. The summed E-state index contributed by atoms with van der Waals surface area (Å²) < 4.78 is 41.2. The van der Waals surface area contributed by atoms with Crippen molar-refractivity contribution in [2.75, 3.05) is 7.11 Å². The Bertz CT molecular complexity index is 245. The fourth-order valence-corrected chi connectivity index (χ4v) is 2.43. The van der Waals surface area contributed by atoms with Crippen LogP contribution in [0.5, 0.6) is 0 Å². The number of rotatable bonds is 5. The van der Waals surface area contributed by atoms with Crippen molar-refractivity contribution in [3.8, 4) is 0 Å². The predicted octanol–water partition coefficient (Wildman–Crippen LogP) is 3.49. The summed E-state index contributed by atoms with van der Waals surface area (Å²) in [6.45, 7) is 0. The number of ether oxygens (including phenoxy) is 1. The molecule has 0 spiro atoms. The molecule has 0 N–H and O–H groups in total. The minimum atomic E-state index is -4.26. The molecule has 0 heterocycles. The van der Waals surface area contributed by atoms with Gasteiger partial charge in [0.05, 0.1) is 6.42 Å². The van der Waals surface area contributed by atoms with E-state index in [2.05, 4.69) is 0 Å². The second kappa shape index (κ2) is 6.38. The second-order valence-corrected chi connectivity index (χ2v) is 4.64. The number of methoxy groups -OCH3 is 1. The number of carbonyl (C=O) groups excluding carboxylic acids is 1. The van der Waals surface area contributed by atoms with Crippen LogP contribution in [-0.2, 0) is 9.53 Å². The van der Waals surface area contributed by atoms with Gasteiger partial charge in [-0.15, -0.1) is 0 Å². The van der Waals surface area contributed by atoms with E-state index in [1.165, 1.54) is 7.11 Å². The third-order valence-corrected chi connectivity index (χ3v) is 3.30. The molecule has 5 heteroatoms. The lowest BCUT2D eigenvalue weighted by Gasteiger charge is -2.28. The van der Waals surface area contributed by atoms with Gasteiger partial charge in [-0.25, -0.2) is 0 Å². The van der Waals surface area contributed by atoms with Crippen molar-refractivity contribution in [1.82, 2.24) is 0 Å². The van der Waals surface area contributed by atoms with Gasteiger partial charge in [-0.1, -0.05) is 19.3 Å². The molecule has 1 atom stereocenters. The molecular weight excluding hydrogens is 233 g/mol. The van der Waals surface area contributed by atoms with E-state index in [0.717, 1.165) is 32.1 Å². The summed E-state index contributed by atoms with van der Waals surface area (Å²) in [5.74, 6) is -0.300. The Hall–Kier alpha value is -0.580. The molecule has 0 amide bonds. The molecule has 0 bridgehead atoms. The first kappa shape index (κ1) is 14.5. The Morgan fingerprint density at radius 3 is 2.35 bits per heavy atom.